The summed E-state index contributed by atoms with van der Waals surface area (Å²) in [4.78, 5) is 11.4. The van der Waals surface area contributed by atoms with Crippen LogP contribution in [0.1, 0.15) is 10.4 Å². The molecule has 10 heteroatoms. The smallest absolute Gasteiger partial charge is 0.504 e. The summed E-state index contributed by atoms with van der Waals surface area (Å²) in [6.07, 6.45) is -4.92. The first-order valence-electron chi connectivity index (χ1n) is 7.16. The maximum Gasteiger partial charge on any atom is 0.573 e. The molecule has 26 heavy (non-hydrogen) atoms. The summed E-state index contributed by atoms with van der Waals surface area (Å²) in [6.45, 7) is 0.515. The van der Waals surface area contributed by atoms with Crippen molar-refractivity contribution >= 4 is 5.97 Å². The van der Waals surface area contributed by atoms with Crippen LogP contribution in [0.15, 0.2) is 30.3 Å². The van der Waals surface area contributed by atoms with E-state index in [2.05, 4.69) is 4.74 Å². The van der Waals surface area contributed by atoms with Gasteiger partial charge in [0.05, 0.1) is 0 Å². The highest BCUT2D eigenvalue weighted by atomic mass is 19.4. The molecular weight excluding hydrogens is 361 g/mol. The van der Waals surface area contributed by atoms with Crippen LogP contribution in [0.2, 0.25) is 0 Å². The molecule has 0 bridgehead atoms. The zero-order chi connectivity index (χ0) is 18.9. The number of aromatic hydroxyl groups is 1. The van der Waals surface area contributed by atoms with Crippen molar-refractivity contribution in [3.8, 4) is 34.5 Å². The molecule has 2 N–H and O–H groups in total. The standard InChI is InChI=1S/C16H11F3O7/c17-16(18,19)26-8-1-2-11(10(20)5-8)25-12-7-14-13(23-3-4-24-14)6-9(12)15(21)22/h1-2,5-7,20H,3-4H2,(H,21,22). The molecule has 0 saturated carbocycles. The maximum absolute atomic E-state index is 12.2. The largest absolute Gasteiger partial charge is 0.573 e. The van der Waals surface area contributed by atoms with Gasteiger partial charge in [-0.15, -0.1) is 13.2 Å². The van der Waals surface area contributed by atoms with Gasteiger partial charge in [0.15, 0.2) is 23.0 Å². The van der Waals surface area contributed by atoms with E-state index in [1.54, 1.807) is 0 Å². The highest BCUT2D eigenvalue weighted by Crippen LogP contribution is 2.41. The highest BCUT2D eigenvalue weighted by molar-refractivity contribution is 5.92. The summed E-state index contributed by atoms with van der Waals surface area (Å²) in [7, 11) is 0. The van der Waals surface area contributed by atoms with Crippen LogP contribution in [-0.4, -0.2) is 35.8 Å². The summed E-state index contributed by atoms with van der Waals surface area (Å²) >= 11 is 0. The van der Waals surface area contributed by atoms with E-state index in [1.165, 1.54) is 12.1 Å². The number of phenols is 1. The zero-order valence-corrected chi connectivity index (χ0v) is 12.9. The lowest BCUT2D eigenvalue weighted by atomic mass is 10.1. The van der Waals surface area contributed by atoms with Gasteiger partial charge in [0.2, 0.25) is 0 Å². The minimum absolute atomic E-state index is 0.179. The third-order valence-electron chi connectivity index (χ3n) is 3.26. The first-order chi connectivity index (χ1) is 12.2. The Bertz CT molecular complexity index is 848. The van der Waals surface area contributed by atoms with Crippen molar-refractivity contribution in [2.45, 2.75) is 6.36 Å². The van der Waals surface area contributed by atoms with E-state index in [0.717, 1.165) is 12.1 Å². The second kappa shape index (κ2) is 6.54. The maximum atomic E-state index is 12.2. The first kappa shape index (κ1) is 17.5. The fourth-order valence-corrected chi connectivity index (χ4v) is 2.22. The summed E-state index contributed by atoms with van der Waals surface area (Å²) in [5.74, 6) is -2.62. The quantitative estimate of drug-likeness (QED) is 0.847. The lowest BCUT2D eigenvalue weighted by molar-refractivity contribution is -0.274. The Balaban J connectivity index is 1.92. The molecule has 1 heterocycles. The predicted molar refractivity (Wildman–Crippen MR) is 79.3 cm³/mol. The zero-order valence-electron chi connectivity index (χ0n) is 12.9. The average Bonchev–Trinajstić information content (AvgIpc) is 2.55. The van der Waals surface area contributed by atoms with Crippen LogP contribution in [0.25, 0.3) is 0 Å². The van der Waals surface area contributed by atoms with Crippen molar-refractivity contribution in [1.82, 2.24) is 0 Å². The Labute approximate surface area is 144 Å². The van der Waals surface area contributed by atoms with Crippen molar-refractivity contribution in [2.75, 3.05) is 13.2 Å². The summed E-state index contributed by atoms with van der Waals surface area (Å²) in [5.41, 5.74) is -0.274. The monoisotopic (exact) mass is 372 g/mol. The Morgan fingerprint density at radius 1 is 1.04 bits per heavy atom. The molecule has 0 unspecified atom stereocenters. The lowest BCUT2D eigenvalue weighted by Crippen LogP contribution is -2.17. The van der Waals surface area contributed by atoms with Crippen LogP contribution in [0.5, 0.6) is 34.5 Å². The van der Waals surface area contributed by atoms with Gasteiger partial charge in [0, 0.05) is 18.2 Å². The number of rotatable bonds is 4. The second-order valence-electron chi connectivity index (χ2n) is 5.08. The normalized spacial score (nSPS) is 13.2. The molecule has 2 aromatic carbocycles. The molecule has 0 atom stereocenters. The van der Waals surface area contributed by atoms with E-state index in [4.69, 9.17) is 14.2 Å². The molecule has 7 nitrogen and oxygen atoms in total. The lowest BCUT2D eigenvalue weighted by Gasteiger charge is -2.20. The number of halogens is 3. The number of hydrogen-bond donors (Lipinski definition) is 2. The van der Waals surface area contributed by atoms with Crippen molar-refractivity contribution in [3.63, 3.8) is 0 Å². The van der Waals surface area contributed by atoms with Gasteiger partial charge in [-0.2, -0.15) is 0 Å². The minimum atomic E-state index is -4.92. The van der Waals surface area contributed by atoms with Crippen molar-refractivity contribution < 1.29 is 47.1 Å². The van der Waals surface area contributed by atoms with Crippen LogP contribution < -0.4 is 18.9 Å². The number of fused-ring (bicyclic) bond motifs is 1. The molecule has 138 valence electrons. The van der Waals surface area contributed by atoms with Gasteiger partial charge in [-0.3, -0.25) is 0 Å². The van der Waals surface area contributed by atoms with Gasteiger partial charge in [-0.05, 0) is 12.1 Å². The molecule has 0 fully saturated rings. The third kappa shape index (κ3) is 3.85. The highest BCUT2D eigenvalue weighted by Gasteiger charge is 2.31. The molecule has 0 radical (unpaired) electrons. The van der Waals surface area contributed by atoms with Gasteiger partial charge >= 0.3 is 12.3 Å². The van der Waals surface area contributed by atoms with Gasteiger partial charge in [-0.1, -0.05) is 0 Å². The molecular formula is C16H11F3O7. The Morgan fingerprint density at radius 2 is 1.69 bits per heavy atom. The number of carbonyl (C=O) groups is 1. The van der Waals surface area contributed by atoms with Crippen molar-refractivity contribution in [2.24, 2.45) is 0 Å². The third-order valence-corrected chi connectivity index (χ3v) is 3.26. The van der Waals surface area contributed by atoms with Crippen LogP contribution in [0.4, 0.5) is 13.2 Å². The van der Waals surface area contributed by atoms with Gasteiger partial charge in [0.25, 0.3) is 0 Å². The van der Waals surface area contributed by atoms with E-state index in [9.17, 15) is 28.2 Å². The summed E-state index contributed by atoms with van der Waals surface area (Å²) in [6, 6.07) is 5.09. The number of carboxylic acids is 1. The molecule has 1 aliphatic rings. The molecule has 0 amide bonds. The molecule has 0 aliphatic carbocycles. The molecule has 0 saturated heterocycles. The number of alkyl halides is 3. The Kier molecular flexibility index (Phi) is 4.41. The van der Waals surface area contributed by atoms with Gasteiger partial charge in [-0.25, -0.2) is 4.79 Å². The number of aromatic carboxylic acids is 1. The number of ether oxygens (including phenoxy) is 4. The van der Waals surface area contributed by atoms with Crippen molar-refractivity contribution in [3.05, 3.63) is 35.9 Å². The SMILES string of the molecule is O=C(O)c1cc2c(cc1Oc1ccc(OC(F)(F)F)cc1O)OCCO2. The number of phenolic OH excluding ortho intramolecular Hbond substituents is 1. The number of hydrogen-bond acceptors (Lipinski definition) is 6. The van der Waals surface area contributed by atoms with E-state index in [-0.39, 0.29) is 41.8 Å². The topological polar surface area (TPSA) is 94.5 Å². The Hall–Kier alpha value is -3.30. The molecule has 0 spiro atoms. The van der Waals surface area contributed by atoms with Crippen LogP contribution in [-0.2, 0) is 0 Å². The fourth-order valence-electron chi connectivity index (χ4n) is 2.22. The van der Waals surface area contributed by atoms with E-state index in [1.807, 2.05) is 0 Å². The first-order valence-corrected chi connectivity index (χ1v) is 7.16. The summed E-state index contributed by atoms with van der Waals surface area (Å²) in [5, 5.41) is 19.1. The molecule has 1 aliphatic heterocycles. The fraction of sp³-hybridized carbons (Fsp3) is 0.188. The van der Waals surface area contributed by atoms with Crippen LogP contribution in [0.3, 0.4) is 0 Å². The molecule has 2 aromatic rings. The minimum Gasteiger partial charge on any atom is -0.504 e. The predicted octanol–water partition coefficient (Wildman–Crippen LogP) is 3.55. The average molecular weight is 372 g/mol. The van der Waals surface area contributed by atoms with Gasteiger partial charge < -0.3 is 29.2 Å². The number of benzene rings is 2. The second-order valence-corrected chi connectivity index (χ2v) is 5.08. The summed E-state index contributed by atoms with van der Waals surface area (Å²) < 4.78 is 56.2. The van der Waals surface area contributed by atoms with Crippen LogP contribution >= 0.6 is 0 Å². The van der Waals surface area contributed by atoms with E-state index in [0.29, 0.717) is 6.07 Å². The van der Waals surface area contributed by atoms with E-state index < -0.39 is 23.8 Å². The Morgan fingerprint density at radius 3 is 2.27 bits per heavy atom. The number of carboxylic acid groups (broad SMARTS) is 1. The van der Waals surface area contributed by atoms with E-state index >= 15 is 0 Å². The van der Waals surface area contributed by atoms with Crippen LogP contribution in [0, 0.1) is 0 Å². The van der Waals surface area contributed by atoms with Crippen molar-refractivity contribution in [1.29, 1.82) is 0 Å². The van der Waals surface area contributed by atoms with Gasteiger partial charge in [0.1, 0.15) is 30.3 Å². The molecule has 3 rings (SSSR count). The molecule has 0 aromatic heterocycles.